The maximum atomic E-state index is 12.2. The van der Waals surface area contributed by atoms with Gasteiger partial charge in [-0.2, -0.15) is 4.98 Å². The van der Waals surface area contributed by atoms with Gasteiger partial charge in [0.1, 0.15) is 11.3 Å². The number of oxazole rings is 1. The molecule has 0 spiro atoms. The highest BCUT2D eigenvalue weighted by atomic mass is 35.5. The third-order valence-electron chi connectivity index (χ3n) is 2.74. The van der Waals surface area contributed by atoms with Crippen molar-refractivity contribution in [2.24, 2.45) is 0 Å². The van der Waals surface area contributed by atoms with Gasteiger partial charge in [-0.25, -0.2) is 0 Å². The average Bonchev–Trinajstić information content (AvgIpc) is 2.84. The average molecular weight is 326 g/mol. The second kappa shape index (κ2) is 5.66. The summed E-state index contributed by atoms with van der Waals surface area (Å²) in [5.41, 5.74) is 2.10. The van der Waals surface area contributed by atoms with E-state index in [4.69, 9.17) is 27.6 Å². The van der Waals surface area contributed by atoms with E-state index in [2.05, 4.69) is 4.98 Å². The maximum absolute atomic E-state index is 12.2. The summed E-state index contributed by atoms with van der Waals surface area (Å²) in [5, 5.41) is 1.41. The molecule has 1 atom stereocenters. The first-order chi connectivity index (χ1) is 9.61. The summed E-state index contributed by atoms with van der Waals surface area (Å²) in [5.74, 6) is 0.331. The lowest BCUT2D eigenvalue weighted by Crippen LogP contribution is -2.05. The van der Waals surface area contributed by atoms with E-state index in [-0.39, 0.29) is 5.22 Å². The molecule has 1 unspecified atom stereocenters. The van der Waals surface area contributed by atoms with Crippen molar-refractivity contribution < 1.29 is 8.97 Å². The van der Waals surface area contributed by atoms with E-state index >= 15 is 0 Å². The molecule has 1 aromatic heterocycles. The van der Waals surface area contributed by atoms with Gasteiger partial charge in [-0.05, 0) is 24.3 Å². The van der Waals surface area contributed by atoms with Crippen molar-refractivity contribution in [1.29, 1.82) is 0 Å². The number of hydrogen-bond donors (Lipinski definition) is 0. The molecule has 0 aliphatic heterocycles. The van der Waals surface area contributed by atoms with E-state index in [1.54, 1.807) is 30.3 Å². The van der Waals surface area contributed by atoms with Gasteiger partial charge in [0.15, 0.2) is 5.58 Å². The Morgan fingerprint density at radius 2 is 1.75 bits per heavy atom. The van der Waals surface area contributed by atoms with Crippen molar-refractivity contribution in [3.05, 3.63) is 58.1 Å². The van der Waals surface area contributed by atoms with E-state index in [1.165, 1.54) is 0 Å². The second-order valence-corrected chi connectivity index (χ2v) is 6.41. The Morgan fingerprint density at radius 3 is 2.50 bits per heavy atom. The fourth-order valence-electron chi connectivity index (χ4n) is 1.77. The molecule has 0 aliphatic carbocycles. The number of hydrogen-bond acceptors (Lipinski definition) is 3. The molecule has 0 amide bonds. The molecular weight excluding hydrogens is 317 g/mol. The molecule has 1 heterocycles. The van der Waals surface area contributed by atoms with Gasteiger partial charge in [-0.1, -0.05) is 35.3 Å². The first-order valence-corrected chi connectivity index (χ1v) is 7.88. The predicted molar refractivity (Wildman–Crippen MR) is 80.6 cm³/mol. The Bertz CT molecular complexity index is 743. The van der Waals surface area contributed by atoms with Crippen LogP contribution >= 0.6 is 23.2 Å². The summed E-state index contributed by atoms with van der Waals surface area (Å²) < 4.78 is 17.7. The minimum Gasteiger partial charge on any atom is -0.607 e. The van der Waals surface area contributed by atoms with Gasteiger partial charge < -0.3 is 8.97 Å². The summed E-state index contributed by atoms with van der Waals surface area (Å²) in [4.78, 5) is 4.22. The number of nitrogens with zero attached hydrogens (tertiary/aromatic N) is 1. The van der Waals surface area contributed by atoms with Crippen LogP contribution in [0.3, 0.4) is 0 Å². The Hall–Kier alpha value is -1.20. The summed E-state index contributed by atoms with van der Waals surface area (Å²) in [7, 11) is 0. The van der Waals surface area contributed by atoms with Crippen molar-refractivity contribution >= 4 is 45.5 Å². The highest BCUT2D eigenvalue weighted by molar-refractivity contribution is 7.90. The molecule has 3 aromatic rings. The molecule has 6 heteroatoms. The molecule has 0 saturated heterocycles. The van der Waals surface area contributed by atoms with Crippen LogP contribution in [0, 0.1) is 0 Å². The number of rotatable bonds is 3. The molecule has 3 rings (SSSR count). The fraction of sp³-hybridized carbons (Fsp3) is 0.0714. The van der Waals surface area contributed by atoms with Crippen molar-refractivity contribution in [3.63, 3.8) is 0 Å². The zero-order valence-electron chi connectivity index (χ0n) is 10.2. The zero-order valence-corrected chi connectivity index (χ0v) is 12.5. The largest absolute Gasteiger partial charge is 0.607 e. The van der Waals surface area contributed by atoms with Crippen LogP contribution in [0.15, 0.2) is 52.1 Å². The monoisotopic (exact) mass is 325 g/mol. The molecule has 0 N–H and O–H groups in total. The fourth-order valence-corrected chi connectivity index (χ4v) is 3.06. The zero-order chi connectivity index (χ0) is 14.1. The Labute approximate surface area is 128 Å². The molecule has 20 heavy (non-hydrogen) atoms. The van der Waals surface area contributed by atoms with Crippen LogP contribution in [-0.4, -0.2) is 9.54 Å². The highest BCUT2D eigenvalue weighted by Gasteiger charge is 2.20. The molecular formula is C14H9Cl2NO2S. The number of halogens is 2. The van der Waals surface area contributed by atoms with Crippen molar-refractivity contribution in [2.75, 3.05) is 0 Å². The van der Waals surface area contributed by atoms with Gasteiger partial charge in [-0.3, -0.25) is 0 Å². The van der Waals surface area contributed by atoms with E-state index in [1.807, 2.05) is 12.1 Å². The second-order valence-electron chi connectivity index (χ2n) is 4.21. The molecule has 2 aromatic carbocycles. The Balaban J connectivity index is 1.84. The molecule has 0 saturated carbocycles. The summed E-state index contributed by atoms with van der Waals surface area (Å²) >= 11 is 10.3. The molecule has 0 fully saturated rings. The van der Waals surface area contributed by atoms with Crippen LogP contribution in [0.1, 0.15) is 5.56 Å². The van der Waals surface area contributed by atoms with Crippen LogP contribution in [0.25, 0.3) is 11.1 Å². The maximum Gasteiger partial charge on any atom is 0.416 e. The lowest BCUT2D eigenvalue weighted by molar-refractivity contribution is 0.458. The van der Waals surface area contributed by atoms with Crippen molar-refractivity contribution in [1.82, 2.24) is 4.98 Å². The van der Waals surface area contributed by atoms with E-state index in [0.717, 1.165) is 5.56 Å². The van der Waals surface area contributed by atoms with Crippen molar-refractivity contribution in [2.45, 2.75) is 11.0 Å². The molecule has 0 aliphatic rings. The SMILES string of the molecule is [O-][S+](Cc1ccc(Cl)cc1)c1nc2ccc(Cl)cc2o1. The minimum absolute atomic E-state index is 0.206. The van der Waals surface area contributed by atoms with Crippen LogP contribution in [0.4, 0.5) is 0 Å². The third kappa shape index (κ3) is 2.94. The number of aromatic nitrogens is 1. The van der Waals surface area contributed by atoms with Gasteiger partial charge in [0.05, 0.1) is 11.2 Å². The topological polar surface area (TPSA) is 49.1 Å². The molecule has 3 nitrogen and oxygen atoms in total. The smallest absolute Gasteiger partial charge is 0.416 e. The standard InChI is InChI=1S/C14H9Cl2NO2S/c15-10-3-1-9(2-4-10)8-20(18)14-17-12-6-5-11(16)7-13(12)19-14/h1-7H,8H2. The predicted octanol–water partition coefficient (Wildman–Crippen LogP) is 4.44. The molecule has 0 radical (unpaired) electrons. The Kier molecular flexibility index (Phi) is 3.89. The van der Waals surface area contributed by atoms with Crippen LogP contribution in [0.5, 0.6) is 0 Å². The van der Waals surface area contributed by atoms with Crippen molar-refractivity contribution in [3.8, 4) is 0 Å². The van der Waals surface area contributed by atoms with Gasteiger partial charge >= 0.3 is 5.22 Å². The van der Waals surface area contributed by atoms with Gasteiger partial charge in [-0.15, -0.1) is 0 Å². The lowest BCUT2D eigenvalue weighted by atomic mass is 10.2. The van der Waals surface area contributed by atoms with Gasteiger partial charge in [0.2, 0.25) is 0 Å². The van der Waals surface area contributed by atoms with Gasteiger partial charge in [0.25, 0.3) is 0 Å². The lowest BCUT2D eigenvalue weighted by Gasteiger charge is -2.05. The van der Waals surface area contributed by atoms with Gasteiger partial charge in [0, 0.05) is 21.7 Å². The summed E-state index contributed by atoms with van der Waals surface area (Å²) in [6.07, 6.45) is 0. The third-order valence-corrected chi connectivity index (χ3v) is 4.38. The quantitative estimate of drug-likeness (QED) is 0.669. The van der Waals surface area contributed by atoms with E-state index in [9.17, 15) is 4.55 Å². The first kappa shape index (κ1) is 13.8. The first-order valence-electron chi connectivity index (χ1n) is 5.81. The highest BCUT2D eigenvalue weighted by Crippen LogP contribution is 2.24. The molecule has 102 valence electrons. The number of fused-ring (bicyclic) bond motifs is 1. The summed E-state index contributed by atoms with van der Waals surface area (Å²) in [6, 6.07) is 12.3. The van der Waals surface area contributed by atoms with E-state index < -0.39 is 11.2 Å². The number of benzene rings is 2. The summed E-state index contributed by atoms with van der Waals surface area (Å²) in [6.45, 7) is 0. The Morgan fingerprint density at radius 1 is 1.05 bits per heavy atom. The van der Waals surface area contributed by atoms with Crippen LogP contribution in [0.2, 0.25) is 10.0 Å². The molecule has 0 bridgehead atoms. The van der Waals surface area contributed by atoms with Crippen LogP contribution < -0.4 is 0 Å². The normalized spacial score (nSPS) is 12.8. The van der Waals surface area contributed by atoms with Crippen LogP contribution in [-0.2, 0) is 16.9 Å². The minimum atomic E-state index is -1.34. The van der Waals surface area contributed by atoms with E-state index in [0.29, 0.717) is 26.9 Å².